The largest absolute Gasteiger partial charge is 0.311 e. The molecule has 0 N–H and O–H groups in total. The van der Waals surface area contributed by atoms with E-state index < -0.39 is 0 Å². The normalized spacial score (nSPS) is 16.8. The van der Waals surface area contributed by atoms with E-state index in [2.05, 4.69) is 0 Å². The Balaban J connectivity index is 2.34. The molecule has 1 heterocycles. The zero-order valence-electron chi connectivity index (χ0n) is 9.62. The van der Waals surface area contributed by atoms with E-state index in [0.29, 0.717) is 13.0 Å². The molecule has 84 valence electrons. The number of rotatable bonds is 1. The van der Waals surface area contributed by atoms with Crippen LogP contribution in [-0.2, 0) is 9.59 Å². The molecule has 0 radical (unpaired) electrons. The van der Waals surface area contributed by atoms with Crippen molar-refractivity contribution in [3.8, 4) is 0 Å². The predicted octanol–water partition coefficient (Wildman–Crippen LogP) is 2.00. The van der Waals surface area contributed by atoms with Crippen molar-refractivity contribution in [3.63, 3.8) is 0 Å². The van der Waals surface area contributed by atoms with Gasteiger partial charge in [-0.3, -0.25) is 9.59 Å². The maximum Gasteiger partial charge on any atom is 0.234 e. The second-order valence-electron chi connectivity index (χ2n) is 4.23. The minimum Gasteiger partial charge on any atom is -0.311 e. The molecule has 1 aromatic rings. The number of anilines is 1. The molecule has 1 saturated heterocycles. The van der Waals surface area contributed by atoms with Crippen LogP contribution in [0.1, 0.15) is 24.0 Å². The summed E-state index contributed by atoms with van der Waals surface area (Å²) in [5, 5.41) is 0. The fraction of sp³-hybridized carbons (Fsp3) is 0.385. The summed E-state index contributed by atoms with van der Waals surface area (Å²) in [5.74, 6) is -0.0310. The molecule has 1 aliphatic rings. The highest BCUT2D eigenvalue weighted by Gasteiger charge is 2.25. The third-order valence-electron chi connectivity index (χ3n) is 3.13. The van der Waals surface area contributed by atoms with Crippen LogP contribution in [0.5, 0.6) is 0 Å². The SMILES string of the molecule is Cc1cccc(N2CCC(=O)CC2=O)c1C. The van der Waals surface area contributed by atoms with Crippen molar-refractivity contribution in [2.75, 3.05) is 11.4 Å². The van der Waals surface area contributed by atoms with Gasteiger partial charge in [0.2, 0.25) is 5.91 Å². The highest BCUT2D eigenvalue weighted by Crippen LogP contribution is 2.25. The molecule has 0 saturated carbocycles. The van der Waals surface area contributed by atoms with Crippen LogP contribution in [0.25, 0.3) is 0 Å². The van der Waals surface area contributed by atoms with Gasteiger partial charge in [-0.1, -0.05) is 12.1 Å². The van der Waals surface area contributed by atoms with Gasteiger partial charge in [0, 0.05) is 18.7 Å². The number of Topliss-reactive ketones (excluding diaryl/α,β-unsaturated/α-hetero) is 1. The molecule has 0 aromatic heterocycles. The molecule has 0 unspecified atom stereocenters. The number of piperidine rings is 1. The first-order chi connectivity index (χ1) is 7.59. The number of aryl methyl sites for hydroxylation is 1. The van der Waals surface area contributed by atoms with Gasteiger partial charge in [-0.25, -0.2) is 0 Å². The first-order valence-electron chi connectivity index (χ1n) is 5.48. The fourth-order valence-electron chi connectivity index (χ4n) is 2.00. The summed E-state index contributed by atoms with van der Waals surface area (Å²) in [5.41, 5.74) is 3.23. The van der Waals surface area contributed by atoms with Crippen LogP contribution in [0.15, 0.2) is 18.2 Å². The third kappa shape index (κ3) is 1.85. The predicted molar refractivity (Wildman–Crippen MR) is 62.5 cm³/mol. The first kappa shape index (κ1) is 10.9. The van der Waals surface area contributed by atoms with Crippen LogP contribution in [-0.4, -0.2) is 18.2 Å². The monoisotopic (exact) mass is 217 g/mol. The number of hydrogen-bond acceptors (Lipinski definition) is 2. The summed E-state index contributed by atoms with van der Waals surface area (Å²) in [6.45, 7) is 4.55. The molecule has 1 aliphatic heterocycles. The maximum absolute atomic E-state index is 11.8. The van der Waals surface area contributed by atoms with E-state index >= 15 is 0 Å². The zero-order chi connectivity index (χ0) is 11.7. The number of carbonyl (C=O) groups is 2. The summed E-state index contributed by atoms with van der Waals surface area (Å²) in [6.07, 6.45) is 0.520. The van der Waals surface area contributed by atoms with Gasteiger partial charge in [0.1, 0.15) is 5.78 Å². The van der Waals surface area contributed by atoms with Gasteiger partial charge >= 0.3 is 0 Å². The van der Waals surface area contributed by atoms with Crippen molar-refractivity contribution in [1.82, 2.24) is 0 Å². The minimum atomic E-state index is -0.0787. The van der Waals surface area contributed by atoms with Crippen LogP contribution < -0.4 is 4.90 Å². The van der Waals surface area contributed by atoms with Crippen molar-refractivity contribution in [2.45, 2.75) is 26.7 Å². The molecular weight excluding hydrogens is 202 g/mol. The Morgan fingerprint density at radius 3 is 2.62 bits per heavy atom. The quantitative estimate of drug-likeness (QED) is 0.675. The number of amides is 1. The number of carbonyl (C=O) groups excluding carboxylic acids is 2. The molecule has 0 bridgehead atoms. The number of ketones is 1. The number of nitrogens with zero attached hydrogens (tertiary/aromatic N) is 1. The van der Waals surface area contributed by atoms with Crippen molar-refractivity contribution in [3.05, 3.63) is 29.3 Å². The molecule has 0 aliphatic carbocycles. The van der Waals surface area contributed by atoms with Crippen LogP contribution in [0, 0.1) is 13.8 Å². The summed E-state index contributed by atoms with van der Waals surface area (Å²) in [7, 11) is 0. The van der Waals surface area contributed by atoms with E-state index in [0.717, 1.165) is 11.3 Å². The summed E-state index contributed by atoms with van der Waals surface area (Å²) in [4.78, 5) is 24.7. The van der Waals surface area contributed by atoms with Crippen molar-refractivity contribution in [2.24, 2.45) is 0 Å². The lowest BCUT2D eigenvalue weighted by atomic mass is 10.0. The second kappa shape index (κ2) is 4.08. The van der Waals surface area contributed by atoms with E-state index in [-0.39, 0.29) is 18.1 Å². The highest BCUT2D eigenvalue weighted by atomic mass is 16.2. The fourth-order valence-corrected chi connectivity index (χ4v) is 2.00. The van der Waals surface area contributed by atoms with Gasteiger partial charge in [-0.15, -0.1) is 0 Å². The highest BCUT2D eigenvalue weighted by molar-refractivity contribution is 6.08. The molecule has 1 fully saturated rings. The van der Waals surface area contributed by atoms with Crippen LogP contribution >= 0.6 is 0 Å². The molecule has 0 atom stereocenters. The van der Waals surface area contributed by atoms with E-state index in [1.54, 1.807) is 4.90 Å². The molecule has 1 amide bonds. The molecule has 3 nitrogen and oxygen atoms in total. The van der Waals surface area contributed by atoms with E-state index in [4.69, 9.17) is 0 Å². The number of benzene rings is 1. The van der Waals surface area contributed by atoms with E-state index in [9.17, 15) is 9.59 Å². The lowest BCUT2D eigenvalue weighted by molar-refractivity contribution is -0.128. The van der Waals surface area contributed by atoms with Gasteiger partial charge in [0.05, 0.1) is 6.42 Å². The van der Waals surface area contributed by atoms with E-state index in [1.807, 2.05) is 32.0 Å². The van der Waals surface area contributed by atoms with Gasteiger partial charge in [0.15, 0.2) is 0 Å². The van der Waals surface area contributed by atoms with Gasteiger partial charge in [-0.05, 0) is 31.0 Å². The summed E-state index contributed by atoms with van der Waals surface area (Å²) in [6, 6.07) is 5.91. The summed E-state index contributed by atoms with van der Waals surface area (Å²) >= 11 is 0. The Morgan fingerprint density at radius 1 is 1.19 bits per heavy atom. The molecule has 2 rings (SSSR count). The average Bonchev–Trinajstić information content (AvgIpc) is 2.23. The number of hydrogen-bond donors (Lipinski definition) is 0. The Bertz CT molecular complexity index is 451. The van der Waals surface area contributed by atoms with Gasteiger partial charge < -0.3 is 4.90 Å². The molecule has 1 aromatic carbocycles. The molecular formula is C13H15NO2. The molecule has 16 heavy (non-hydrogen) atoms. The Hall–Kier alpha value is -1.64. The van der Waals surface area contributed by atoms with Crippen LogP contribution in [0.4, 0.5) is 5.69 Å². The van der Waals surface area contributed by atoms with Crippen LogP contribution in [0.3, 0.4) is 0 Å². The molecule has 0 spiro atoms. The topological polar surface area (TPSA) is 37.4 Å². The van der Waals surface area contributed by atoms with E-state index in [1.165, 1.54) is 5.56 Å². The smallest absolute Gasteiger partial charge is 0.234 e. The third-order valence-corrected chi connectivity index (χ3v) is 3.13. The lowest BCUT2D eigenvalue weighted by Gasteiger charge is -2.28. The summed E-state index contributed by atoms with van der Waals surface area (Å²) < 4.78 is 0. The van der Waals surface area contributed by atoms with Crippen molar-refractivity contribution >= 4 is 17.4 Å². The second-order valence-corrected chi connectivity index (χ2v) is 4.23. The first-order valence-corrected chi connectivity index (χ1v) is 5.48. The average molecular weight is 217 g/mol. The van der Waals surface area contributed by atoms with Gasteiger partial charge in [0.25, 0.3) is 0 Å². The zero-order valence-corrected chi connectivity index (χ0v) is 9.62. The van der Waals surface area contributed by atoms with Crippen molar-refractivity contribution < 1.29 is 9.59 Å². The maximum atomic E-state index is 11.8. The Morgan fingerprint density at radius 2 is 1.94 bits per heavy atom. The molecule has 3 heteroatoms. The lowest BCUT2D eigenvalue weighted by Crippen LogP contribution is -2.39. The van der Waals surface area contributed by atoms with Crippen molar-refractivity contribution in [1.29, 1.82) is 0 Å². The Labute approximate surface area is 95.1 Å². The minimum absolute atomic E-state index is 0.0477. The van der Waals surface area contributed by atoms with Crippen LogP contribution in [0.2, 0.25) is 0 Å². The Kier molecular flexibility index (Phi) is 2.77. The van der Waals surface area contributed by atoms with Gasteiger partial charge in [-0.2, -0.15) is 0 Å². The standard InChI is InChI=1S/C13H15NO2/c1-9-4-3-5-12(10(9)2)14-7-6-11(15)8-13(14)16/h3-5H,6-8H2,1-2H3.